The summed E-state index contributed by atoms with van der Waals surface area (Å²) in [7, 11) is 2.41. The number of hydrogen-bond acceptors (Lipinski definition) is 1. The average molecular weight is 251 g/mol. The lowest BCUT2D eigenvalue weighted by atomic mass is 9.75. The highest BCUT2D eigenvalue weighted by atomic mass is 32.1. The van der Waals surface area contributed by atoms with Crippen molar-refractivity contribution in [1.82, 2.24) is 4.90 Å². The molecule has 0 aromatic heterocycles. The summed E-state index contributed by atoms with van der Waals surface area (Å²) in [5.74, 6) is 3.24. The predicted octanol–water partition coefficient (Wildman–Crippen LogP) is 2.90. The SMILES string of the molecule is BC1CCC2CCN(C(C)C)C(=S)C2C(C)C1. The fourth-order valence-corrected chi connectivity index (χ4v) is 4.66. The number of hydrogen-bond donors (Lipinski definition) is 0. The topological polar surface area (TPSA) is 3.24 Å². The molecule has 4 unspecified atom stereocenters. The second-order valence-electron chi connectivity index (χ2n) is 6.60. The fourth-order valence-electron chi connectivity index (χ4n) is 3.93. The summed E-state index contributed by atoms with van der Waals surface area (Å²) in [5, 5.41) is 0. The molecular formula is C14H26BNS. The van der Waals surface area contributed by atoms with Gasteiger partial charge in [0.15, 0.2) is 0 Å². The fraction of sp³-hybridized carbons (Fsp3) is 0.929. The molecule has 0 aromatic rings. The quantitative estimate of drug-likeness (QED) is 0.520. The Balaban J connectivity index is 2.17. The lowest BCUT2D eigenvalue weighted by Crippen LogP contribution is -2.49. The van der Waals surface area contributed by atoms with Gasteiger partial charge >= 0.3 is 0 Å². The van der Waals surface area contributed by atoms with Crippen LogP contribution < -0.4 is 0 Å². The Hall–Kier alpha value is -0.0451. The molecule has 3 heteroatoms. The molecule has 2 fully saturated rings. The summed E-state index contributed by atoms with van der Waals surface area (Å²) >= 11 is 5.80. The molecule has 4 atom stereocenters. The van der Waals surface area contributed by atoms with E-state index in [1.54, 1.807) is 0 Å². The van der Waals surface area contributed by atoms with Crippen molar-refractivity contribution in [2.45, 2.75) is 58.3 Å². The molecule has 2 rings (SSSR count). The molecule has 1 aliphatic heterocycles. The van der Waals surface area contributed by atoms with Crippen molar-refractivity contribution in [3.8, 4) is 0 Å². The van der Waals surface area contributed by atoms with Gasteiger partial charge in [-0.2, -0.15) is 0 Å². The van der Waals surface area contributed by atoms with E-state index in [0.717, 1.165) is 17.7 Å². The molecule has 0 amide bonds. The first-order chi connectivity index (χ1) is 8.00. The Bertz CT molecular complexity index is 292. The maximum atomic E-state index is 5.80. The van der Waals surface area contributed by atoms with Gasteiger partial charge in [-0.05, 0) is 32.1 Å². The molecule has 1 nitrogen and oxygen atoms in total. The third-order valence-corrected chi connectivity index (χ3v) is 5.36. The normalized spacial score (nSPS) is 39.1. The number of thiocarbonyl (C=S) groups is 1. The zero-order valence-corrected chi connectivity index (χ0v) is 12.6. The van der Waals surface area contributed by atoms with Crippen LogP contribution in [-0.4, -0.2) is 30.3 Å². The molecule has 1 aliphatic carbocycles. The Kier molecular flexibility index (Phi) is 4.17. The van der Waals surface area contributed by atoms with Crippen molar-refractivity contribution in [2.75, 3.05) is 6.54 Å². The van der Waals surface area contributed by atoms with Crippen LogP contribution in [0.25, 0.3) is 0 Å². The number of piperidine rings is 1. The number of nitrogens with zero attached hydrogens (tertiary/aromatic N) is 1. The lowest BCUT2D eigenvalue weighted by molar-refractivity contribution is 0.197. The van der Waals surface area contributed by atoms with E-state index in [9.17, 15) is 0 Å². The Morgan fingerprint density at radius 1 is 1.29 bits per heavy atom. The molecular weight excluding hydrogens is 225 g/mol. The van der Waals surface area contributed by atoms with Gasteiger partial charge in [-0.1, -0.05) is 44.2 Å². The van der Waals surface area contributed by atoms with Crippen LogP contribution in [0.3, 0.4) is 0 Å². The van der Waals surface area contributed by atoms with E-state index in [-0.39, 0.29) is 0 Å². The molecule has 0 radical (unpaired) electrons. The zero-order valence-electron chi connectivity index (χ0n) is 11.8. The summed E-state index contributed by atoms with van der Waals surface area (Å²) in [6.45, 7) is 8.17. The third kappa shape index (κ3) is 2.69. The lowest BCUT2D eigenvalue weighted by Gasteiger charge is -2.44. The zero-order chi connectivity index (χ0) is 12.6. The maximum absolute atomic E-state index is 5.80. The van der Waals surface area contributed by atoms with Gasteiger partial charge in [0.2, 0.25) is 0 Å². The highest BCUT2D eigenvalue weighted by Gasteiger charge is 2.39. The molecule has 2 aliphatic rings. The monoisotopic (exact) mass is 251 g/mol. The maximum Gasteiger partial charge on any atom is 0.105 e. The average Bonchev–Trinajstić information content (AvgIpc) is 2.38. The highest BCUT2D eigenvalue weighted by Crippen LogP contribution is 2.42. The molecule has 0 aromatic carbocycles. The van der Waals surface area contributed by atoms with Crippen LogP contribution in [0, 0.1) is 17.8 Å². The molecule has 1 heterocycles. The van der Waals surface area contributed by atoms with Crippen molar-refractivity contribution in [1.29, 1.82) is 0 Å². The summed E-state index contributed by atoms with van der Waals surface area (Å²) in [4.78, 5) is 3.75. The first kappa shape index (κ1) is 13.4. The van der Waals surface area contributed by atoms with Gasteiger partial charge in [-0.15, -0.1) is 0 Å². The standard InChI is InChI=1S/C14H26BNS/c1-9(2)16-7-6-11-4-5-12(15)8-10(3)13(11)14(16)17/h9-13H,4-8,15H2,1-3H3. The largest absolute Gasteiger partial charge is 0.363 e. The van der Waals surface area contributed by atoms with Gasteiger partial charge in [0, 0.05) is 18.5 Å². The van der Waals surface area contributed by atoms with E-state index in [4.69, 9.17) is 12.2 Å². The summed E-state index contributed by atoms with van der Waals surface area (Å²) < 4.78 is 0. The van der Waals surface area contributed by atoms with Crippen LogP contribution in [0.2, 0.25) is 5.82 Å². The highest BCUT2D eigenvalue weighted by molar-refractivity contribution is 7.80. The van der Waals surface area contributed by atoms with Crippen LogP contribution >= 0.6 is 12.2 Å². The predicted molar refractivity (Wildman–Crippen MR) is 81.3 cm³/mol. The minimum Gasteiger partial charge on any atom is -0.363 e. The van der Waals surface area contributed by atoms with Gasteiger partial charge in [-0.25, -0.2) is 0 Å². The first-order valence-electron chi connectivity index (χ1n) is 7.31. The molecule has 17 heavy (non-hydrogen) atoms. The van der Waals surface area contributed by atoms with Crippen LogP contribution in [0.4, 0.5) is 0 Å². The van der Waals surface area contributed by atoms with Crippen molar-refractivity contribution >= 4 is 25.1 Å². The molecule has 0 bridgehead atoms. The second-order valence-corrected chi connectivity index (χ2v) is 7.01. The first-order valence-corrected chi connectivity index (χ1v) is 7.72. The minimum absolute atomic E-state index is 0.580. The molecule has 1 saturated carbocycles. The van der Waals surface area contributed by atoms with Gasteiger partial charge in [0.05, 0.1) is 4.99 Å². The van der Waals surface area contributed by atoms with E-state index in [1.165, 1.54) is 37.2 Å². The number of rotatable bonds is 1. The Morgan fingerprint density at radius 3 is 2.65 bits per heavy atom. The van der Waals surface area contributed by atoms with Crippen molar-refractivity contribution in [2.24, 2.45) is 17.8 Å². The Labute approximate surface area is 113 Å². The van der Waals surface area contributed by atoms with Gasteiger partial charge in [0.25, 0.3) is 0 Å². The van der Waals surface area contributed by atoms with Crippen molar-refractivity contribution in [3.63, 3.8) is 0 Å². The van der Waals surface area contributed by atoms with Crippen LogP contribution in [-0.2, 0) is 0 Å². The van der Waals surface area contributed by atoms with Crippen molar-refractivity contribution < 1.29 is 0 Å². The molecule has 1 saturated heterocycles. The van der Waals surface area contributed by atoms with E-state index < -0.39 is 0 Å². The van der Waals surface area contributed by atoms with E-state index in [1.807, 2.05) is 0 Å². The van der Waals surface area contributed by atoms with Gasteiger partial charge in [0.1, 0.15) is 7.85 Å². The summed E-state index contributed by atoms with van der Waals surface area (Å²) in [5.41, 5.74) is 0. The van der Waals surface area contributed by atoms with Crippen LogP contribution in [0.1, 0.15) is 46.5 Å². The summed E-state index contributed by atoms with van der Waals surface area (Å²) in [6, 6.07) is 0.580. The minimum atomic E-state index is 0.580. The van der Waals surface area contributed by atoms with E-state index in [0.29, 0.717) is 12.0 Å². The van der Waals surface area contributed by atoms with E-state index >= 15 is 0 Å². The van der Waals surface area contributed by atoms with Crippen LogP contribution in [0.5, 0.6) is 0 Å². The van der Waals surface area contributed by atoms with Crippen LogP contribution in [0.15, 0.2) is 0 Å². The molecule has 0 spiro atoms. The van der Waals surface area contributed by atoms with E-state index in [2.05, 4.69) is 33.5 Å². The Morgan fingerprint density at radius 2 is 2.00 bits per heavy atom. The smallest absolute Gasteiger partial charge is 0.105 e. The molecule has 0 N–H and O–H groups in total. The summed E-state index contributed by atoms with van der Waals surface area (Å²) in [6.07, 6.45) is 5.55. The third-order valence-electron chi connectivity index (χ3n) is 4.86. The van der Waals surface area contributed by atoms with Crippen molar-refractivity contribution in [3.05, 3.63) is 0 Å². The second kappa shape index (κ2) is 5.30. The number of likely N-dealkylation sites (tertiary alicyclic amines) is 1. The van der Waals surface area contributed by atoms with Gasteiger partial charge < -0.3 is 4.90 Å². The van der Waals surface area contributed by atoms with Gasteiger partial charge in [-0.3, -0.25) is 0 Å². The number of fused-ring (bicyclic) bond motifs is 1. The molecule has 96 valence electrons.